The molecule has 0 saturated carbocycles. The molecule has 2 N–H and O–H groups in total. The highest BCUT2D eigenvalue weighted by Gasteiger charge is 2.23. The average molecular weight is 569 g/mol. The zero-order valence-corrected chi connectivity index (χ0v) is 24.0. The molecule has 1 amide bonds. The number of amides is 1. The van der Waals surface area contributed by atoms with Crippen molar-refractivity contribution in [1.29, 1.82) is 0 Å². The largest absolute Gasteiger partial charge is 0.492 e. The van der Waals surface area contributed by atoms with Gasteiger partial charge in [-0.2, -0.15) is 0 Å². The smallest absolute Gasteiger partial charge is 0.255 e. The molecule has 0 aliphatic heterocycles. The number of nitrogens with one attached hydrogen (secondary N) is 2. The molecule has 0 radical (unpaired) electrons. The number of methoxy groups -OCH3 is 1. The van der Waals surface area contributed by atoms with Gasteiger partial charge in [0.05, 0.1) is 42.3 Å². The number of hydrogen-bond donors (Lipinski definition) is 2. The van der Waals surface area contributed by atoms with Crippen LogP contribution in [-0.2, 0) is 15.4 Å². The van der Waals surface area contributed by atoms with Crippen molar-refractivity contribution >= 4 is 38.9 Å². The van der Waals surface area contributed by atoms with E-state index in [1.807, 2.05) is 33.8 Å². The van der Waals surface area contributed by atoms with Crippen molar-refractivity contribution in [3.8, 4) is 22.8 Å². The maximum Gasteiger partial charge on any atom is 0.255 e. The second kappa shape index (κ2) is 10.7. The molecule has 0 aliphatic rings. The van der Waals surface area contributed by atoms with Gasteiger partial charge in [0.25, 0.3) is 5.91 Å². The molecule has 0 atom stereocenters. The maximum absolute atomic E-state index is 13.4. The van der Waals surface area contributed by atoms with Crippen LogP contribution in [-0.4, -0.2) is 47.7 Å². The zero-order chi connectivity index (χ0) is 28.5. The van der Waals surface area contributed by atoms with Crippen molar-refractivity contribution in [3.05, 3.63) is 76.6 Å². The van der Waals surface area contributed by atoms with Crippen molar-refractivity contribution in [1.82, 2.24) is 20.0 Å². The Bertz CT molecular complexity index is 1660. The third-order valence-corrected chi connectivity index (χ3v) is 6.69. The number of aryl methyl sites for hydroxylation is 1. The number of halogens is 1. The molecule has 0 aliphatic carbocycles. The lowest BCUT2D eigenvalue weighted by atomic mass is 9.86. The van der Waals surface area contributed by atoms with Crippen LogP contribution in [0.15, 0.2) is 54.7 Å². The molecule has 4 aromatic rings. The van der Waals surface area contributed by atoms with Crippen LogP contribution in [0.5, 0.6) is 5.75 Å². The van der Waals surface area contributed by atoms with E-state index in [1.54, 1.807) is 53.3 Å². The topological polar surface area (TPSA) is 128 Å². The molecule has 204 valence electrons. The molecule has 2 heterocycles. The molecule has 0 fully saturated rings. The summed E-state index contributed by atoms with van der Waals surface area (Å²) in [7, 11) is -2.19. The van der Waals surface area contributed by atoms with Crippen LogP contribution in [0.25, 0.3) is 17.1 Å². The van der Waals surface area contributed by atoms with E-state index in [1.165, 1.54) is 7.11 Å². The molecule has 2 aromatic heterocycles. The van der Waals surface area contributed by atoms with Gasteiger partial charge >= 0.3 is 0 Å². The van der Waals surface area contributed by atoms with Crippen LogP contribution in [0.2, 0.25) is 5.15 Å². The van der Waals surface area contributed by atoms with Gasteiger partial charge in [-0.3, -0.25) is 9.52 Å². The number of rotatable bonds is 7. The number of nitrogens with zero attached hydrogens (tertiary/aromatic N) is 4. The summed E-state index contributed by atoms with van der Waals surface area (Å²) >= 11 is 6.01. The third-order valence-electron chi connectivity index (χ3n) is 5.89. The summed E-state index contributed by atoms with van der Waals surface area (Å²) in [5, 5.41) is 11.6. The van der Waals surface area contributed by atoms with Crippen LogP contribution in [0.4, 0.5) is 11.4 Å². The second-order valence-corrected chi connectivity index (χ2v) is 12.2. The van der Waals surface area contributed by atoms with Gasteiger partial charge in [-0.15, -0.1) is 5.10 Å². The summed E-state index contributed by atoms with van der Waals surface area (Å²) in [6.07, 6.45) is 2.77. The molecule has 0 spiro atoms. The van der Waals surface area contributed by atoms with Gasteiger partial charge in [0.2, 0.25) is 10.0 Å². The van der Waals surface area contributed by atoms with E-state index < -0.39 is 15.9 Å². The quantitative estimate of drug-likeness (QED) is 0.292. The number of hydrogen-bond acceptors (Lipinski definition) is 7. The molecule has 0 saturated heterocycles. The number of anilines is 2. The van der Waals surface area contributed by atoms with E-state index >= 15 is 0 Å². The molecule has 10 nitrogen and oxygen atoms in total. The molecular formula is C27H29ClN6O4S. The fourth-order valence-electron chi connectivity index (χ4n) is 3.89. The Kier molecular flexibility index (Phi) is 7.67. The summed E-state index contributed by atoms with van der Waals surface area (Å²) in [5.74, 6) is -0.216. The first-order valence-corrected chi connectivity index (χ1v) is 14.2. The molecule has 12 heteroatoms. The number of carbonyl (C=O) groups is 1. The van der Waals surface area contributed by atoms with Crippen LogP contribution < -0.4 is 14.8 Å². The minimum Gasteiger partial charge on any atom is -0.492 e. The van der Waals surface area contributed by atoms with Gasteiger partial charge in [0, 0.05) is 5.56 Å². The van der Waals surface area contributed by atoms with Crippen molar-refractivity contribution in [2.45, 2.75) is 33.1 Å². The minimum absolute atomic E-state index is 0.198. The lowest BCUT2D eigenvalue weighted by Crippen LogP contribution is -2.18. The first kappa shape index (κ1) is 28.1. The van der Waals surface area contributed by atoms with Gasteiger partial charge in [0.1, 0.15) is 10.8 Å². The molecule has 0 unspecified atom stereocenters. The lowest BCUT2D eigenvalue weighted by molar-refractivity contribution is 0.102. The summed E-state index contributed by atoms with van der Waals surface area (Å²) < 4.78 is 33.6. The van der Waals surface area contributed by atoms with Crippen molar-refractivity contribution < 1.29 is 17.9 Å². The minimum atomic E-state index is -3.60. The predicted octanol–water partition coefficient (Wildman–Crippen LogP) is 5.22. The number of pyridine rings is 1. The van der Waals surface area contributed by atoms with Gasteiger partial charge in [0.15, 0.2) is 5.75 Å². The molecule has 4 rings (SSSR count). The van der Waals surface area contributed by atoms with Gasteiger partial charge < -0.3 is 10.1 Å². The Morgan fingerprint density at radius 1 is 1.05 bits per heavy atom. The summed E-state index contributed by atoms with van der Waals surface area (Å²) in [4.78, 5) is 17.7. The monoisotopic (exact) mass is 568 g/mol. The van der Waals surface area contributed by atoms with Gasteiger partial charge in [-0.25, -0.2) is 18.1 Å². The standard InChI is InChI=1S/C27H29ClN6O4S/c1-16-10-11-17(12-23(16)34-15-22(31-33-34)19-8-7-9-24(28)29-19)26(35)30-20-13-18(27(2,3)4)14-21(25(20)38-5)32-39(6,36)37/h7-15,32H,1-6H3,(H,30,35). The summed E-state index contributed by atoms with van der Waals surface area (Å²) in [6.45, 7) is 7.86. The van der Waals surface area contributed by atoms with Crippen LogP contribution in [0.1, 0.15) is 42.3 Å². The van der Waals surface area contributed by atoms with E-state index in [4.69, 9.17) is 16.3 Å². The highest BCUT2D eigenvalue weighted by molar-refractivity contribution is 7.92. The Morgan fingerprint density at radius 2 is 1.77 bits per heavy atom. The molecule has 39 heavy (non-hydrogen) atoms. The molecule has 2 aromatic carbocycles. The third kappa shape index (κ3) is 6.55. The van der Waals surface area contributed by atoms with Gasteiger partial charge in [-0.05, 0) is 59.9 Å². The van der Waals surface area contributed by atoms with Crippen molar-refractivity contribution in [2.75, 3.05) is 23.4 Å². The van der Waals surface area contributed by atoms with Crippen molar-refractivity contribution in [3.63, 3.8) is 0 Å². The fraction of sp³-hybridized carbons (Fsp3) is 0.259. The highest BCUT2D eigenvalue weighted by Crippen LogP contribution is 2.39. The van der Waals surface area contributed by atoms with Crippen LogP contribution >= 0.6 is 11.6 Å². The van der Waals surface area contributed by atoms with E-state index in [0.29, 0.717) is 33.5 Å². The van der Waals surface area contributed by atoms with E-state index in [0.717, 1.165) is 17.4 Å². The SMILES string of the molecule is COc1c(NC(=O)c2ccc(C)c(-n3cc(-c4cccc(Cl)n4)nn3)c2)cc(C(C)(C)C)cc1NS(C)(=O)=O. The fourth-order valence-corrected chi connectivity index (χ4v) is 4.61. The Labute approximate surface area is 232 Å². The van der Waals surface area contributed by atoms with E-state index in [2.05, 4.69) is 25.3 Å². The van der Waals surface area contributed by atoms with E-state index in [-0.39, 0.29) is 16.9 Å². The summed E-state index contributed by atoms with van der Waals surface area (Å²) in [6, 6.07) is 13.9. The van der Waals surface area contributed by atoms with Crippen molar-refractivity contribution in [2.24, 2.45) is 0 Å². The Hall–Kier alpha value is -3.96. The Balaban J connectivity index is 1.70. The van der Waals surface area contributed by atoms with Crippen LogP contribution in [0.3, 0.4) is 0 Å². The number of sulfonamides is 1. The first-order chi connectivity index (χ1) is 18.2. The maximum atomic E-state index is 13.4. The van der Waals surface area contributed by atoms with Crippen LogP contribution in [0, 0.1) is 6.92 Å². The van der Waals surface area contributed by atoms with E-state index in [9.17, 15) is 13.2 Å². The number of carbonyl (C=O) groups excluding carboxylic acids is 1. The normalized spacial score (nSPS) is 11.8. The number of ether oxygens (including phenoxy) is 1. The zero-order valence-electron chi connectivity index (χ0n) is 22.4. The first-order valence-electron chi connectivity index (χ1n) is 11.9. The molecular weight excluding hydrogens is 540 g/mol. The highest BCUT2D eigenvalue weighted by atomic mass is 35.5. The Morgan fingerprint density at radius 3 is 2.41 bits per heavy atom. The predicted molar refractivity (Wildman–Crippen MR) is 152 cm³/mol. The lowest BCUT2D eigenvalue weighted by Gasteiger charge is -2.24. The summed E-state index contributed by atoms with van der Waals surface area (Å²) in [5.41, 5.74) is 4.02. The second-order valence-electron chi connectivity index (χ2n) is 10.1. The number of benzene rings is 2. The van der Waals surface area contributed by atoms with Gasteiger partial charge in [-0.1, -0.05) is 49.7 Å². The average Bonchev–Trinajstić information content (AvgIpc) is 3.33. The molecule has 0 bridgehead atoms. The number of aromatic nitrogens is 4.